The van der Waals surface area contributed by atoms with Crippen LogP contribution in [-0.2, 0) is 4.79 Å². The topological polar surface area (TPSA) is 23.6 Å². The molecule has 0 N–H and O–H groups in total. The lowest BCUT2D eigenvalue weighted by molar-refractivity contribution is -0.127. The van der Waals surface area contributed by atoms with Crippen molar-refractivity contribution in [3.05, 3.63) is 0 Å². The van der Waals surface area contributed by atoms with Gasteiger partial charge >= 0.3 is 0 Å². The van der Waals surface area contributed by atoms with Crippen LogP contribution in [0.25, 0.3) is 0 Å². The van der Waals surface area contributed by atoms with Gasteiger partial charge in [0, 0.05) is 25.4 Å². The van der Waals surface area contributed by atoms with Gasteiger partial charge in [0.1, 0.15) is 0 Å². The zero-order chi connectivity index (χ0) is 14.8. The number of carbonyl (C=O) groups excluding carboxylic acids is 1. The van der Waals surface area contributed by atoms with E-state index in [9.17, 15) is 4.79 Å². The minimum absolute atomic E-state index is 0.138. The van der Waals surface area contributed by atoms with Crippen molar-refractivity contribution in [2.24, 2.45) is 5.92 Å². The van der Waals surface area contributed by atoms with Crippen LogP contribution >= 0.6 is 0 Å². The molecule has 20 heavy (non-hydrogen) atoms. The van der Waals surface area contributed by atoms with Gasteiger partial charge in [-0.15, -0.1) is 12.3 Å². The molecule has 1 fully saturated rings. The van der Waals surface area contributed by atoms with Crippen molar-refractivity contribution in [1.29, 1.82) is 0 Å². The highest BCUT2D eigenvalue weighted by Gasteiger charge is 2.27. The molecular weight excluding hydrogens is 248 g/mol. The SMILES string of the molecule is C#CC1CC(=O)N(CCCN(CCCC)CCCC)C1. The third-order valence-corrected chi connectivity index (χ3v) is 4.01. The van der Waals surface area contributed by atoms with Crippen LogP contribution in [0.1, 0.15) is 52.4 Å². The average molecular weight is 278 g/mol. The van der Waals surface area contributed by atoms with Crippen molar-refractivity contribution in [3.63, 3.8) is 0 Å². The zero-order valence-corrected chi connectivity index (χ0v) is 13.2. The lowest BCUT2D eigenvalue weighted by Crippen LogP contribution is -2.32. The maximum Gasteiger partial charge on any atom is 0.223 e. The number of terminal acetylenes is 1. The molecule has 3 heteroatoms. The number of carbonyl (C=O) groups is 1. The van der Waals surface area contributed by atoms with E-state index in [1.54, 1.807) is 0 Å². The fourth-order valence-electron chi connectivity index (χ4n) is 2.68. The average Bonchev–Trinajstić information content (AvgIpc) is 2.82. The molecule has 0 aliphatic carbocycles. The van der Waals surface area contributed by atoms with Gasteiger partial charge < -0.3 is 9.80 Å². The van der Waals surface area contributed by atoms with E-state index in [2.05, 4.69) is 24.7 Å². The van der Waals surface area contributed by atoms with Gasteiger partial charge in [-0.1, -0.05) is 26.7 Å². The summed E-state index contributed by atoms with van der Waals surface area (Å²) in [6.45, 7) is 9.59. The van der Waals surface area contributed by atoms with Gasteiger partial charge in [-0.25, -0.2) is 0 Å². The molecule has 0 bridgehead atoms. The number of hydrogen-bond acceptors (Lipinski definition) is 2. The van der Waals surface area contributed by atoms with E-state index >= 15 is 0 Å². The largest absolute Gasteiger partial charge is 0.341 e. The lowest BCUT2D eigenvalue weighted by atomic mass is 10.1. The number of unbranched alkanes of at least 4 members (excludes halogenated alkanes) is 2. The van der Waals surface area contributed by atoms with Crippen molar-refractivity contribution in [1.82, 2.24) is 9.80 Å². The Morgan fingerprint density at radius 2 is 1.80 bits per heavy atom. The van der Waals surface area contributed by atoms with Gasteiger partial charge in [-0.05, 0) is 38.9 Å². The Hall–Kier alpha value is -1.01. The second-order valence-electron chi connectivity index (χ2n) is 5.81. The van der Waals surface area contributed by atoms with Crippen LogP contribution in [-0.4, -0.2) is 48.4 Å². The molecule has 0 aromatic carbocycles. The number of nitrogens with zero attached hydrogens (tertiary/aromatic N) is 2. The quantitative estimate of drug-likeness (QED) is 0.574. The Bertz CT molecular complexity index is 313. The Morgan fingerprint density at radius 3 is 2.30 bits per heavy atom. The Morgan fingerprint density at radius 1 is 1.20 bits per heavy atom. The molecule has 1 rings (SSSR count). The molecule has 1 heterocycles. The molecule has 0 radical (unpaired) electrons. The molecule has 1 saturated heterocycles. The molecular formula is C17H30N2O. The van der Waals surface area contributed by atoms with Gasteiger partial charge in [-0.2, -0.15) is 0 Å². The molecule has 1 aliphatic rings. The van der Waals surface area contributed by atoms with Crippen LogP contribution in [0.15, 0.2) is 0 Å². The molecule has 0 aromatic heterocycles. The molecule has 1 atom stereocenters. The van der Waals surface area contributed by atoms with Crippen LogP contribution < -0.4 is 0 Å². The summed E-state index contributed by atoms with van der Waals surface area (Å²) in [6.07, 6.45) is 12.1. The van der Waals surface area contributed by atoms with Crippen LogP contribution in [0.5, 0.6) is 0 Å². The van der Waals surface area contributed by atoms with E-state index in [1.165, 1.54) is 38.8 Å². The smallest absolute Gasteiger partial charge is 0.223 e. The molecule has 3 nitrogen and oxygen atoms in total. The summed E-state index contributed by atoms with van der Waals surface area (Å²) < 4.78 is 0. The Balaban J connectivity index is 2.25. The Kier molecular flexibility index (Phi) is 8.37. The molecule has 1 amide bonds. The van der Waals surface area contributed by atoms with Gasteiger partial charge in [-0.3, -0.25) is 4.79 Å². The third-order valence-electron chi connectivity index (χ3n) is 4.01. The lowest BCUT2D eigenvalue weighted by Gasteiger charge is -2.23. The van der Waals surface area contributed by atoms with Gasteiger partial charge in [0.25, 0.3) is 0 Å². The highest BCUT2D eigenvalue weighted by Crippen LogP contribution is 2.16. The highest BCUT2D eigenvalue weighted by atomic mass is 16.2. The number of likely N-dealkylation sites (tertiary alicyclic amines) is 1. The molecule has 0 saturated carbocycles. The summed E-state index contributed by atoms with van der Waals surface area (Å²) in [7, 11) is 0. The first kappa shape index (κ1) is 17.0. The van der Waals surface area contributed by atoms with E-state index in [1.807, 2.05) is 4.90 Å². The number of amides is 1. The van der Waals surface area contributed by atoms with Crippen molar-refractivity contribution in [3.8, 4) is 12.3 Å². The summed E-state index contributed by atoms with van der Waals surface area (Å²) in [4.78, 5) is 16.3. The van der Waals surface area contributed by atoms with Crippen molar-refractivity contribution >= 4 is 5.91 Å². The van der Waals surface area contributed by atoms with Crippen LogP contribution in [0.2, 0.25) is 0 Å². The summed E-state index contributed by atoms with van der Waals surface area (Å²) in [5.74, 6) is 3.08. The summed E-state index contributed by atoms with van der Waals surface area (Å²) in [5, 5.41) is 0. The summed E-state index contributed by atoms with van der Waals surface area (Å²) in [5.41, 5.74) is 0. The van der Waals surface area contributed by atoms with Gasteiger partial charge in [0.05, 0.1) is 0 Å². The molecule has 1 unspecified atom stereocenters. The first-order valence-electron chi connectivity index (χ1n) is 8.17. The predicted molar refractivity (Wildman–Crippen MR) is 84.4 cm³/mol. The standard InChI is InChI=1S/C17H30N2O/c1-4-7-10-18(11-8-5-2)12-9-13-19-15-16(6-3)14-17(19)20/h3,16H,4-5,7-15H2,1-2H3. The second-order valence-corrected chi connectivity index (χ2v) is 5.81. The summed E-state index contributed by atoms with van der Waals surface area (Å²) >= 11 is 0. The monoisotopic (exact) mass is 278 g/mol. The molecule has 0 spiro atoms. The van der Waals surface area contributed by atoms with Crippen molar-refractivity contribution in [2.75, 3.05) is 32.7 Å². The van der Waals surface area contributed by atoms with E-state index in [-0.39, 0.29) is 11.8 Å². The third kappa shape index (κ3) is 5.96. The minimum atomic E-state index is 0.138. The number of hydrogen-bond donors (Lipinski definition) is 0. The van der Waals surface area contributed by atoms with Crippen LogP contribution in [0.3, 0.4) is 0 Å². The van der Waals surface area contributed by atoms with E-state index < -0.39 is 0 Å². The highest BCUT2D eigenvalue weighted by molar-refractivity contribution is 5.79. The second kappa shape index (κ2) is 9.83. The fourth-order valence-corrected chi connectivity index (χ4v) is 2.68. The van der Waals surface area contributed by atoms with Crippen molar-refractivity contribution in [2.45, 2.75) is 52.4 Å². The zero-order valence-electron chi connectivity index (χ0n) is 13.2. The van der Waals surface area contributed by atoms with Crippen molar-refractivity contribution < 1.29 is 4.79 Å². The predicted octanol–water partition coefficient (Wildman–Crippen LogP) is 2.76. The maximum atomic E-state index is 11.8. The van der Waals surface area contributed by atoms with Crippen LogP contribution in [0.4, 0.5) is 0 Å². The number of rotatable bonds is 10. The molecule has 114 valence electrons. The van der Waals surface area contributed by atoms with E-state index in [0.717, 1.165) is 26.1 Å². The summed E-state index contributed by atoms with van der Waals surface area (Å²) in [6, 6.07) is 0. The minimum Gasteiger partial charge on any atom is -0.341 e. The fraction of sp³-hybridized carbons (Fsp3) is 0.824. The van der Waals surface area contributed by atoms with Crippen LogP contribution in [0, 0.1) is 18.3 Å². The van der Waals surface area contributed by atoms with Gasteiger partial charge in [0.2, 0.25) is 5.91 Å². The molecule has 0 aromatic rings. The maximum absolute atomic E-state index is 11.8. The molecule has 1 aliphatic heterocycles. The normalized spacial score (nSPS) is 18.8. The van der Waals surface area contributed by atoms with Gasteiger partial charge in [0.15, 0.2) is 0 Å². The Labute approximate surface area is 124 Å². The van der Waals surface area contributed by atoms with E-state index in [0.29, 0.717) is 6.42 Å². The van der Waals surface area contributed by atoms with E-state index in [4.69, 9.17) is 6.42 Å². The first-order chi connectivity index (χ1) is 9.71. The first-order valence-corrected chi connectivity index (χ1v) is 8.17.